The lowest BCUT2D eigenvalue weighted by molar-refractivity contribution is -0.141. The normalized spacial score (nSPS) is 24.2. The van der Waals surface area contributed by atoms with Crippen LogP contribution in [0.5, 0.6) is 0 Å². The lowest BCUT2D eigenvalue weighted by Gasteiger charge is -2.42. The molecule has 0 aromatic heterocycles. The molecule has 0 spiro atoms. The first kappa shape index (κ1) is 17.6. The van der Waals surface area contributed by atoms with Crippen LogP contribution in [0.15, 0.2) is 0 Å². The number of nitrogens with zero attached hydrogens (tertiary/aromatic N) is 3. The minimum atomic E-state index is -0.839. The maximum atomic E-state index is 12.8. The Hall–Kier alpha value is -1.77. The Kier molecular flexibility index (Phi) is 4.88. The molecule has 1 saturated carbocycles. The van der Waals surface area contributed by atoms with E-state index in [1.54, 1.807) is 9.80 Å². The van der Waals surface area contributed by atoms with Crippen molar-refractivity contribution in [1.29, 1.82) is 5.26 Å². The number of carbonyl (C=O) groups excluding carboxylic acids is 2. The van der Waals surface area contributed by atoms with Gasteiger partial charge in [0.1, 0.15) is 11.0 Å². The van der Waals surface area contributed by atoms with E-state index in [-0.39, 0.29) is 18.0 Å². The first-order chi connectivity index (χ1) is 10.7. The van der Waals surface area contributed by atoms with Gasteiger partial charge in [-0.2, -0.15) is 5.26 Å². The highest BCUT2D eigenvalue weighted by atomic mass is 16.6. The zero-order valence-electron chi connectivity index (χ0n) is 14.6. The van der Waals surface area contributed by atoms with Gasteiger partial charge in [0.2, 0.25) is 5.91 Å². The van der Waals surface area contributed by atoms with E-state index in [1.807, 2.05) is 27.7 Å². The molecule has 23 heavy (non-hydrogen) atoms. The summed E-state index contributed by atoms with van der Waals surface area (Å²) in [7, 11) is 0. The quantitative estimate of drug-likeness (QED) is 0.744. The van der Waals surface area contributed by atoms with Gasteiger partial charge in [0.25, 0.3) is 0 Å². The summed E-state index contributed by atoms with van der Waals surface area (Å²) in [6.07, 6.45) is 2.85. The van der Waals surface area contributed by atoms with Crippen LogP contribution in [0.1, 0.15) is 53.4 Å². The summed E-state index contributed by atoms with van der Waals surface area (Å²) >= 11 is 0. The average molecular weight is 321 g/mol. The lowest BCUT2D eigenvalue weighted by Crippen LogP contribution is -2.58. The Balaban J connectivity index is 2.00. The van der Waals surface area contributed by atoms with Crippen LogP contribution in [-0.2, 0) is 9.53 Å². The maximum absolute atomic E-state index is 12.8. The lowest BCUT2D eigenvalue weighted by atomic mass is 9.86. The third-order valence-corrected chi connectivity index (χ3v) is 4.62. The van der Waals surface area contributed by atoms with E-state index < -0.39 is 11.0 Å². The molecule has 1 atom stereocenters. The Morgan fingerprint density at radius 1 is 1.22 bits per heavy atom. The molecule has 0 bridgehead atoms. The van der Waals surface area contributed by atoms with Gasteiger partial charge < -0.3 is 14.5 Å². The van der Waals surface area contributed by atoms with Crippen molar-refractivity contribution in [1.82, 2.24) is 9.80 Å². The predicted molar refractivity (Wildman–Crippen MR) is 85.5 cm³/mol. The van der Waals surface area contributed by atoms with E-state index in [0.717, 1.165) is 12.8 Å². The molecular formula is C17H27N3O3. The number of piperazine rings is 1. The highest BCUT2D eigenvalue weighted by Crippen LogP contribution is 2.39. The molecule has 0 aromatic rings. The summed E-state index contributed by atoms with van der Waals surface area (Å²) in [5.74, 6) is -0.0619. The van der Waals surface area contributed by atoms with Crippen LogP contribution in [0.25, 0.3) is 0 Å². The molecular weight excluding hydrogens is 294 g/mol. The van der Waals surface area contributed by atoms with Crippen molar-refractivity contribution in [3.8, 4) is 6.07 Å². The highest BCUT2D eigenvalue weighted by molar-refractivity contribution is 5.86. The van der Waals surface area contributed by atoms with Gasteiger partial charge in [-0.1, -0.05) is 12.8 Å². The monoisotopic (exact) mass is 321 g/mol. The van der Waals surface area contributed by atoms with Gasteiger partial charge in [0, 0.05) is 25.7 Å². The number of carbonyl (C=O) groups is 2. The second kappa shape index (κ2) is 6.38. The third kappa shape index (κ3) is 3.77. The van der Waals surface area contributed by atoms with Crippen LogP contribution in [0.3, 0.4) is 0 Å². The Labute approximate surface area is 138 Å². The van der Waals surface area contributed by atoms with E-state index in [9.17, 15) is 14.9 Å². The molecule has 1 aliphatic heterocycles. The van der Waals surface area contributed by atoms with Gasteiger partial charge in [-0.15, -0.1) is 0 Å². The topological polar surface area (TPSA) is 73.6 Å². The number of ether oxygens (including phenoxy) is 1. The molecule has 2 fully saturated rings. The van der Waals surface area contributed by atoms with Crippen LogP contribution in [0.2, 0.25) is 0 Å². The Morgan fingerprint density at radius 3 is 2.30 bits per heavy atom. The summed E-state index contributed by atoms with van der Waals surface area (Å²) in [4.78, 5) is 28.4. The van der Waals surface area contributed by atoms with Crippen LogP contribution in [0, 0.1) is 16.7 Å². The minimum Gasteiger partial charge on any atom is -0.444 e. The van der Waals surface area contributed by atoms with Gasteiger partial charge in [-0.3, -0.25) is 4.79 Å². The fourth-order valence-electron chi connectivity index (χ4n) is 3.39. The molecule has 128 valence electrons. The predicted octanol–water partition coefficient (Wildman–Crippen LogP) is 2.54. The SMILES string of the molecule is C[C@@H]1CN(C(=O)C2(C#N)CCCC2)CCN1C(=O)OC(C)(C)C. The molecule has 1 saturated heterocycles. The first-order valence-corrected chi connectivity index (χ1v) is 8.39. The number of nitriles is 1. The molecule has 2 rings (SSSR count). The second-order valence-corrected chi connectivity index (χ2v) is 7.67. The van der Waals surface area contributed by atoms with Crippen LogP contribution >= 0.6 is 0 Å². The van der Waals surface area contributed by atoms with Gasteiger partial charge in [0.15, 0.2) is 0 Å². The Morgan fingerprint density at radius 2 is 1.83 bits per heavy atom. The summed E-state index contributed by atoms with van der Waals surface area (Å²) in [5, 5.41) is 9.47. The zero-order valence-corrected chi connectivity index (χ0v) is 14.6. The molecule has 0 aromatic carbocycles. The van der Waals surface area contributed by atoms with Crippen molar-refractivity contribution in [2.24, 2.45) is 5.41 Å². The van der Waals surface area contributed by atoms with E-state index in [0.29, 0.717) is 32.5 Å². The molecule has 1 aliphatic carbocycles. The van der Waals surface area contributed by atoms with Crippen molar-refractivity contribution < 1.29 is 14.3 Å². The van der Waals surface area contributed by atoms with Crippen molar-refractivity contribution in [2.75, 3.05) is 19.6 Å². The van der Waals surface area contributed by atoms with Crippen molar-refractivity contribution in [3.63, 3.8) is 0 Å². The molecule has 0 radical (unpaired) electrons. The minimum absolute atomic E-state index is 0.0619. The molecule has 6 nitrogen and oxygen atoms in total. The summed E-state index contributed by atoms with van der Waals surface area (Å²) in [6.45, 7) is 8.80. The summed E-state index contributed by atoms with van der Waals surface area (Å²) in [6, 6.07) is 2.15. The molecule has 2 aliphatic rings. The summed E-state index contributed by atoms with van der Waals surface area (Å²) in [5.41, 5.74) is -1.37. The van der Waals surface area contributed by atoms with Crippen LogP contribution in [0.4, 0.5) is 4.79 Å². The standard InChI is InChI=1S/C17H27N3O3/c1-13-11-19(14(21)17(12-18)7-5-6-8-17)9-10-20(13)15(22)23-16(2,3)4/h13H,5-11H2,1-4H3/t13-/m1/s1. The van der Waals surface area contributed by atoms with Crippen LogP contribution in [-0.4, -0.2) is 53.1 Å². The third-order valence-electron chi connectivity index (χ3n) is 4.62. The van der Waals surface area contributed by atoms with Crippen LogP contribution < -0.4 is 0 Å². The molecule has 1 heterocycles. The number of rotatable bonds is 1. The number of amides is 2. The van der Waals surface area contributed by atoms with Gasteiger partial charge >= 0.3 is 6.09 Å². The first-order valence-electron chi connectivity index (χ1n) is 8.39. The van der Waals surface area contributed by atoms with Crippen molar-refractivity contribution >= 4 is 12.0 Å². The second-order valence-electron chi connectivity index (χ2n) is 7.67. The number of hydrogen-bond acceptors (Lipinski definition) is 4. The molecule has 0 unspecified atom stereocenters. The van der Waals surface area contributed by atoms with E-state index in [2.05, 4.69) is 6.07 Å². The van der Waals surface area contributed by atoms with E-state index in [4.69, 9.17) is 4.74 Å². The molecule has 2 amide bonds. The molecule has 6 heteroatoms. The van der Waals surface area contributed by atoms with Crippen molar-refractivity contribution in [3.05, 3.63) is 0 Å². The van der Waals surface area contributed by atoms with Gasteiger partial charge in [-0.05, 0) is 40.5 Å². The highest BCUT2D eigenvalue weighted by Gasteiger charge is 2.45. The zero-order chi connectivity index (χ0) is 17.3. The fourth-order valence-corrected chi connectivity index (χ4v) is 3.39. The van der Waals surface area contributed by atoms with Gasteiger partial charge in [-0.25, -0.2) is 4.79 Å². The largest absolute Gasteiger partial charge is 0.444 e. The van der Waals surface area contributed by atoms with E-state index >= 15 is 0 Å². The number of hydrogen-bond donors (Lipinski definition) is 0. The van der Waals surface area contributed by atoms with E-state index in [1.165, 1.54) is 0 Å². The maximum Gasteiger partial charge on any atom is 0.410 e. The molecule has 0 N–H and O–H groups in total. The fraction of sp³-hybridized carbons (Fsp3) is 0.824. The summed E-state index contributed by atoms with van der Waals surface area (Å²) < 4.78 is 5.42. The average Bonchev–Trinajstić information content (AvgIpc) is 2.94. The van der Waals surface area contributed by atoms with Crippen molar-refractivity contribution in [2.45, 2.75) is 65.0 Å². The Bertz CT molecular complexity index is 512. The van der Waals surface area contributed by atoms with Gasteiger partial charge in [0.05, 0.1) is 6.07 Å². The smallest absolute Gasteiger partial charge is 0.410 e.